The highest BCUT2D eigenvalue weighted by molar-refractivity contribution is 5.46. The molecular weight excluding hydrogens is 218 g/mol. The fourth-order valence-electron chi connectivity index (χ4n) is 2.74. The van der Waals surface area contributed by atoms with Crippen LogP contribution in [0.15, 0.2) is 18.2 Å². The molecule has 2 N–H and O–H groups in total. The minimum absolute atomic E-state index is 0.431. The van der Waals surface area contributed by atoms with E-state index in [2.05, 4.69) is 5.32 Å². The topological polar surface area (TPSA) is 50.7 Å². The summed E-state index contributed by atoms with van der Waals surface area (Å²) in [6.45, 7) is 1.78. The lowest BCUT2D eigenvalue weighted by atomic mass is 9.85. The second-order valence-corrected chi connectivity index (χ2v) is 4.72. The third-order valence-corrected chi connectivity index (χ3v) is 3.78. The normalized spacial score (nSPS) is 25.4. The second-order valence-electron chi connectivity index (χ2n) is 4.72. The molecule has 2 aliphatic rings. The summed E-state index contributed by atoms with van der Waals surface area (Å²) in [5.74, 6) is 1.53. The van der Waals surface area contributed by atoms with Crippen molar-refractivity contribution < 1.29 is 14.6 Å². The second kappa shape index (κ2) is 3.89. The summed E-state index contributed by atoms with van der Waals surface area (Å²) in [4.78, 5) is 0. The zero-order valence-corrected chi connectivity index (χ0v) is 9.90. The monoisotopic (exact) mass is 235 g/mol. The highest BCUT2D eigenvalue weighted by Crippen LogP contribution is 2.48. The summed E-state index contributed by atoms with van der Waals surface area (Å²) in [7, 11) is 1.63. The smallest absolute Gasteiger partial charge is 0.141 e. The maximum Gasteiger partial charge on any atom is 0.141 e. The number of nitrogens with one attached hydrogen (secondary N) is 1. The zero-order chi connectivity index (χ0) is 11.9. The number of benzene rings is 1. The van der Waals surface area contributed by atoms with Crippen LogP contribution in [0.3, 0.4) is 0 Å². The number of hydrogen-bond acceptors (Lipinski definition) is 4. The van der Waals surface area contributed by atoms with Gasteiger partial charge in [-0.1, -0.05) is 0 Å². The molecule has 1 unspecified atom stereocenters. The minimum Gasteiger partial charge on any atom is -0.497 e. The molecule has 92 valence electrons. The SMILES string of the molecule is COc1ccc2c(c1)OC1(CCNCC1)C2O. The van der Waals surface area contributed by atoms with Gasteiger partial charge in [-0.2, -0.15) is 0 Å². The molecule has 1 saturated heterocycles. The number of aliphatic hydroxyl groups is 1. The van der Waals surface area contributed by atoms with Gasteiger partial charge in [0.15, 0.2) is 0 Å². The van der Waals surface area contributed by atoms with Crippen molar-refractivity contribution in [2.24, 2.45) is 0 Å². The molecule has 0 aliphatic carbocycles. The molecule has 2 heterocycles. The van der Waals surface area contributed by atoms with E-state index >= 15 is 0 Å². The predicted octanol–water partition coefficient (Wildman–Crippen LogP) is 1.24. The molecular formula is C13H17NO3. The summed E-state index contributed by atoms with van der Waals surface area (Å²) in [6.07, 6.45) is 1.15. The molecule has 0 bridgehead atoms. The molecule has 17 heavy (non-hydrogen) atoms. The van der Waals surface area contributed by atoms with Crippen LogP contribution in [0.1, 0.15) is 24.5 Å². The van der Waals surface area contributed by atoms with Gasteiger partial charge in [0, 0.05) is 24.5 Å². The van der Waals surface area contributed by atoms with Crippen LogP contribution in [0, 0.1) is 0 Å². The summed E-state index contributed by atoms with van der Waals surface area (Å²) >= 11 is 0. The fraction of sp³-hybridized carbons (Fsp3) is 0.538. The largest absolute Gasteiger partial charge is 0.497 e. The number of piperidine rings is 1. The quantitative estimate of drug-likeness (QED) is 0.769. The fourth-order valence-corrected chi connectivity index (χ4v) is 2.74. The average Bonchev–Trinajstić information content (AvgIpc) is 2.63. The first-order chi connectivity index (χ1) is 8.25. The molecule has 1 spiro atoms. The van der Waals surface area contributed by atoms with E-state index in [9.17, 15) is 5.11 Å². The lowest BCUT2D eigenvalue weighted by Gasteiger charge is -2.35. The Kier molecular flexibility index (Phi) is 2.49. The molecule has 4 heteroatoms. The Hall–Kier alpha value is -1.26. The first-order valence-corrected chi connectivity index (χ1v) is 6.01. The van der Waals surface area contributed by atoms with Crippen LogP contribution in [0.4, 0.5) is 0 Å². The lowest BCUT2D eigenvalue weighted by molar-refractivity contribution is -0.0484. The summed E-state index contributed by atoms with van der Waals surface area (Å²) < 4.78 is 11.2. The third kappa shape index (κ3) is 1.59. The highest BCUT2D eigenvalue weighted by atomic mass is 16.5. The molecule has 0 saturated carbocycles. The Morgan fingerprint density at radius 3 is 2.88 bits per heavy atom. The van der Waals surface area contributed by atoms with Gasteiger partial charge in [0.2, 0.25) is 0 Å². The van der Waals surface area contributed by atoms with E-state index < -0.39 is 11.7 Å². The van der Waals surface area contributed by atoms with Crippen LogP contribution in [-0.4, -0.2) is 30.9 Å². The Bertz CT molecular complexity index is 427. The molecule has 0 aromatic heterocycles. The average molecular weight is 235 g/mol. The first kappa shape index (κ1) is 10.9. The van der Waals surface area contributed by atoms with Gasteiger partial charge in [-0.3, -0.25) is 0 Å². The van der Waals surface area contributed by atoms with Gasteiger partial charge >= 0.3 is 0 Å². The van der Waals surface area contributed by atoms with E-state index in [0.29, 0.717) is 0 Å². The minimum atomic E-state index is -0.523. The maximum absolute atomic E-state index is 10.4. The van der Waals surface area contributed by atoms with Crippen LogP contribution >= 0.6 is 0 Å². The maximum atomic E-state index is 10.4. The Balaban J connectivity index is 1.95. The van der Waals surface area contributed by atoms with E-state index in [1.165, 1.54) is 0 Å². The van der Waals surface area contributed by atoms with Crippen LogP contribution in [-0.2, 0) is 0 Å². The van der Waals surface area contributed by atoms with Gasteiger partial charge in [0.05, 0.1) is 7.11 Å². The van der Waals surface area contributed by atoms with Gasteiger partial charge in [0.25, 0.3) is 0 Å². The van der Waals surface area contributed by atoms with E-state index in [1.54, 1.807) is 7.11 Å². The van der Waals surface area contributed by atoms with E-state index in [-0.39, 0.29) is 0 Å². The standard InChI is InChI=1S/C13H17NO3/c1-16-9-2-3-10-11(8-9)17-13(12(10)15)4-6-14-7-5-13/h2-3,8,12,14-15H,4-7H2,1H3. The lowest BCUT2D eigenvalue weighted by Crippen LogP contribution is -2.47. The van der Waals surface area contributed by atoms with E-state index in [0.717, 1.165) is 43.0 Å². The van der Waals surface area contributed by atoms with Gasteiger partial charge in [-0.25, -0.2) is 0 Å². The molecule has 1 fully saturated rings. The first-order valence-electron chi connectivity index (χ1n) is 6.01. The summed E-state index contributed by atoms with van der Waals surface area (Å²) in [5, 5.41) is 13.7. The number of ether oxygens (including phenoxy) is 2. The van der Waals surface area contributed by atoms with Crippen LogP contribution in [0.2, 0.25) is 0 Å². The highest BCUT2D eigenvalue weighted by Gasteiger charge is 2.48. The van der Waals surface area contributed by atoms with Crippen molar-refractivity contribution in [1.29, 1.82) is 0 Å². The van der Waals surface area contributed by atoms with Gasteiger partial charge in [0.1, 0.15) is 23.2 Å². The Morgan fingerprint density at radius 2 is 2.18 bits per heavy atom. The van der Waals surface area contributed by atoms with Crippen LogP contribution in [0.5, 0.6) is 11.5 Å². The number of methoxy groups -OCH3 is 1. The number of aliphatic hydroxyl groups excluding tert-OH is 1. The van der Waals surface area contributed by atoms with Crippen molar-refractivity contribution in [3.8, 4) is 11.5 Å². The van der Waals surface area contributed by atoms with Crippen molar-refractivity contribution in [2.75, 3.05) is 20.2 Å². The van der Waals surface area contributed by atoms with Crippen molar-refractivity contribution in [3.05, 3.63) is 23.8 Å². The van der Waals surface area contributed by atoms with E-state index in [4.69, 9.17) is 9.47 Å². The molecule has 2 aliphatic heterocycles. The van der Waals surface area contributed by atoms with Crippen molar-refractivity contribution in [2.45, 2.75) is 24.5 Å². The predicted molar refractivity (Wildman–Crippen MR) is 63.4 cm³/mol. The number of rotatable bonds is 1. The molecule has 0 amide bonds. The molecule has 3 rings (SSSR count). The van der Waals surface area contributed by atoms with Crippen molar-refractivity contribution in [1.82, 2.24) is 5.32 Å². The summed E-state index contributed by atoms with van der Waals surface area (Å²) in [6, 6.07) is 5.62. The van der Waals surface area contributed by atoms with Crippen LogP contribution < -0.4 is 14.8 Å². The molecule has 1 atom stereocenters. The van der Waals surface area contributed by atoms with E-state index in [1.807, 2.05) is 18.2 Å². The number of hydrogen-bond donors (Lipinski definition) is 2. The van der Waals surface area contributed by atoms with Crippen LogP contribution in [0.25, 0.3) is 0 Å². The van der Waals surface area contributed by atoms with Gasteiger partial charge < -0.3 is 19.9 Å². The van der Waals surface area contributed by atoms with Crippen molar-refractivity contribution >= 4 is 0 Å². The van der Waals surface area contributed by atoms with Gasteiger partial charge in [-0.15, -0.1) is 0 Å². The van der Waals surface area contributed by atoms with Gasteiger partial charge in [-0.05, 0) is 25.2 Å². The molecule has 1 aromatic carbocycles. The Labute approximate surface area is 101 Å². The summed E-state index contributed by atoms with van der Waals surface area (Å²) in [5.41, 5.74) is 0.452. The van der Waals surface area contributed by atoms with Crippen molar-refractivity contribution in [3.63, 3.8) is 0 Å². The molecule has 4 nitrogen and oxygen atoms in total. The third-order valence-electron chi connectivity index (χ3n) is 3.78. The Morgan fingerprint density at radius 1 is 1.41 bits per heavy atom. The molecule has 1 aromatic rings. The number of fused-ring (bicyclic) bond motifs is 1. The zero-order valence-electron chi connectivity index (χ0n) is 9.90. The molecule has 0 radical (unpaired) electrons.